The summed E-state index contributed by atoms with van der Waals surface area (Å²) in [7, 11) is -3.35. The van der Waals surface area contributed by atoms with Crippen molar-refractivity contribution >= 4 is 34.0 Å². The zero-order chi connectivity index (χ0) is 13.7. The van der Waals surface area contributed by atoms with Crippen LogP contribution >= 0.6 is 24.0 Å². The lowest BCUT2D eigenvalue weighted by Crippen LogP contribution is -2.45. The second-order valence-corrected chi connectivity index (χ2v) is 6.67. The van der Waals surface area contributed by atoms with Gasteiger partial charge in [-0.15, -0.1) is 12.4 Å². The van der Waals surface area contributed by atoms with Gasteiger partial charge in [0, 0.05) is 24.7 Å². The Morgan fingerprint density at radius 3 is 2.65 bits per heavy atom. The molecule has 2 N–H and O–H groups in total. The summed E-state index contributed by atoms with van der Waals surface area (Å²) in [5, 5.41) is 3.75. The van der Waals surface area contributed by atoms with Crippen molar-refractivity contribution in [3.8, 4) is 0 Å². The SMILES string of the molecule is Cl.O=S(=O)(Cc1ccc(Cl)cc1)NCC1CNCCO1. The Bertz CT molecular complexity index is 502. The molecule has 0 aliphatic carbocycles. The Hall–Kier alpha value is -0.370. The maximum Gasteiger partial charge on any atom is 0.215 e. The van der Waals surface area contributed by atoms with E-state index >= 15 is 0 Å². The van der Waals surface area contributed by atoms with Crippen LogP contribution in [0.25, 0.3) is 0 Å². The van der Waals surface area contributed by atoms with E-state index in [4.69, 9.17) is 16.3 Å². The Labute approximate surface area is 130 Å². The zero-order valence-corrected chi connectivity index (χ0v) is 13.2. The lowest BCUT2D eigenvalue weighted by atomic mass is 10.2. The van der Waals surface area contributed by atoms with E-state index in [0.29, 0.717) is 30.3 Å². The first-order valence-electron chi connectivity index (χ1n) is 6.09. The number of sulfonamides is 1. The molecule has 5 nitrogen and oxygen atoms in total. The smallest absolute Gasteiger partial charge is 0.215 e. The van der Waals surface area contributed by atoms with E-state index in [1.165, 1.54) is 0 Å². The second-order valence-electron chi connectivity index (χ2n) is 4.43. The van der Waals surface area contributed by atoms with Crippen LogP contribution in [0.5, 0.6) is 0 Å². The Morgan fingerprint density at radius 1 is 1.35 bits per heavy atom. The van der Waals surface area contributed by atoms with Crippen LogP contribution in [-0.2, 0) is 20.5 Å². The van der Waals surface area contributed by atoms with Crippen LogP contribution in [0.4, 0.5) is 0 Å². The number of morpholine rings is 1. The molecular formula is C12H18Cl2N2O3S. The van der Waals surface area contributed by atoms with Crippen LogP contribution in [0.15, 0.2) is 24.3 Å². The molecule has 1 aromatic carbocycles. The fourth-order valence-electron chi connectivity index (χ4n) is 1.82. The molecule has 1 unspecified atom stereocenters. The van der Waals surface area contributed by atoms with Gasteiger partial charge in [-0.1, -0.05) is 23.7 Å². The van der Waals surface area contributed by atoms with E-state index < -0.39 is 10.0 Å². The lowest BCUT2D eigenvalue weighted by molar-refractivity contribution is 0.0324. The van der Waals surface area contributed by atoms with Crippen molar-refractivity contribution in [2.45, 2.75) is 11.9 Å². The van der Waals surface area contributed by atoms with Gasteiger partial charge in [0.15, 0.2) is 0 Å². The van der Waals surface area contributed by atoms with Gasteiger partial charge in [-0.2, -0.15) is 0 Å². The van der Waals surface area contributed by atoms with Gasteiger partial charge in [-0.3, -0.25) is 0 Å². The van der Waals surface area contributed by atoms with Crippen molar-refractivity contribution < 1.29 is 13.2 Å². The van der Waals surface area contributed by atoms with Gasteiger partial charge in [-0.05, 0) is 17.7 Å². The summed E-state index contributed by atoms with van der Waals surface area (Å²) in [4.78, 5) is 0. The summed E-state index contributed by atoms with van der Waals surface area (Å²) in [6, 6.07) is 6.78. The Balaban J connectivity index is 0.00000200. The third-order valence-corrected chi connectivity index (χ3v) is 4.38. The number of nitrogens with one attached hydrogen (secondary N) is 2. The molecule has 2 rings (SSSR count). The van der Waals surface area contributed by atoms with E-state index in [2.05, 4.69) is 10.0 Å². The standard InChI is InChI=1S/C12H17ClN2O3S.ClH/c13-11-3-1-10(2-4-11)9-19(16,17)15-8-12-7-14-5-6-18-12;/h1-4,12,14-15H,5-9H2;1H. The quantitative estimate of drug-likeness (QED) is 0.844. The highest BCUT2D eigenvalue weighted by Gasteiger charge is 2.17. The minimum atomic E-state index is -3.35. The van der Waals surface area contributed by atoms with E-state index in [1.54, 1.807) is 24.3 Å². The topological polar surface area (TPSA) is 67.4 Å². The Morgan fingerprint density at radius 2 is 2.05 bits per heavy atom. The molecule has 1 aromatic rings. The molecule has 0 amide bonds. The molecule has 8 heteroatoms. The number of rotatable bonds is 5. The maximum atomic E-state index is 11.9. The van der Waals surface area contributed by atoms with Crippen molar-refractivity contribution in [3.63, 3.8) is 0 Å². The predicted octanol–water partition coefficient (Wildman–Crippen LogP) is 1.17. The van der Waals surface area contributed by atoms with Crippen LogP contribution in [0.3, 0.4) is 0 Å². The molecule has 1 aliphatic rings. The molecule has 1 fully saturated rings. The molecule has 1 atom stereocenters. The van der Waals surface area contributed by atoms with Crippen LogP contribution in [-0.4, -0.2) is 40.8 Å². The van der Waals surface area contributed by atoms with Gasteiger partial charge in [0.2, 0.25) is 10.0 Å². The average Bonchev–Trinajstić information content (AvgIpc) is 2.40. The molecule has 1 aliphatic heterocycles. The number of ether oxygens (including phenoxy) is 1. The molecule has 0 radical (unpaired) electrons. The molecule has 1 heterocycles. The maximum absolute atomic E-state index is 11.9. The minimum Gasteiger partial charge on any atom is -0.374 e. The second kappa shape index (κ2) is 8.17. The predicted molar refractivity (Wildman–Crippen MR) is 81.9 cm³/mol. The van der Waals surface area contributed by atoms with Crippen LogP contribution in [0, 0.1) is 0 Å². The van der Waals surface area contributed by atoms with Crippen LogP contribution < -0.4 is 10.0 Å². The molecule has 0 bridgehead atoms. The van der Waals surface area contributed by atoms with E-state index in [-0.39, 0.29) is 24.3 Å². The first kappa shape index (κ1) is 17.7. The summed E-state index contributed by atoms with van der Waals surface area (Å²) in [5.41, 5.74) is 0.708. The Kier molecular flexibility index (Phi) is 7.22. The first-order valence-corrected chi connectivity index (χ1v) is 8.12. The first-order chi connectivity index (χ1) is 9.05. The van der Waals surface area contributed by atoms with Gasteiger partial charge in [0.05, 0.1) is 18.5 Å². The summed E-state index contributed by atoms with van der Waals surface area (Å²) in [6.07, 6.45) is -0.103. The van der Waals surface area contributed by atoms with Crippen molar-refractivity contribution in [2.24, 2.45) is 0 Å². The molecule has 20 heavy (non-hydrogen) atoms. The normalized spacial score (nSPS) is 19.4. The minimum absolute atomic E-state index is 0. The number of hydrogen-bond donors (Lipinski definition) is 2. The largest absolute Gasteiger partial charge is 0.374 e. The van der Waals surface area contributed by atoms with E-state index in [9.17, 15) is 8.42 Å². The highest BCUT2D eigenvalue weighted by molar-refractivity contribution is 7.88. The fourth-order valence-corrected chi connectivity index (χ4v) is 3.12. The third kappa shape index (κ3) is 5.95. The van der Waals surface area contributed by atoms with Crippen LogP contribution in [0.1, 0.15) is 5.56 Å². The summed E-state index contributed by atoms with van der Waals surface area (Å²) < 4.78 is 31.8. The van der Waals surface area contributed by atoms with Gasteiger partial charge >= 0.3 is 0 Å². The summed E-state index contributed by atoms with van der Waals surface area (Å²) in [6.45, 7) is 2.39. The van der Waals surface area contributed by atoms with E-state index in [0.717, 1.165) is 6.54 Å². The van der Waals surface area contributed by atoms with Gasteiger partial charge in [0.25, 0.3) is 0 Å². The lowest BCUT2D eigenvalue weighted by Gasteiger charge is -2.23. The number of halogens is 2. The molecular weight excluding hydrogens is 323 g/mol. The summed E-state index contributed by atoms with van der Waals surface area (Å²) in [5.74, 6) is -0.0513. The van der Waals surface area contributed by atoms with Gasteiger partial charge in [-0.25, -0.2) is 13.1 Å². The fraction of sp³-hybridized carbons (Fsp3) is 0.500. The monoisotopic (exact) mass is 340 g/mol. The molecule has 1 saturated heterocycles. The molecule has 0 spiro atoms. The zero-order valence-electron chi connectivity index (χ0n) is 10.8. The van der Waals surface area contributed by atoms with Gasteiger partial charge < -0.3 is 10.1 Å². The number of benzene rings is 1. The van der Waals surface area contributed by atoms with Gasteiger partial charge in [0.1, 0.15) is 0 Å². The highest BCUT2D eigenvalue weighted by Crippen LogP contribution is 2.11. The van der Waals surface area contributed by atoms with Crippen molar-refractivity contribution in [2.75, 3.05) is 26.2 Å². The van der Waals surface area contributed by atoms with Crippen molar-refractivity contribution in [1.82, 2.24) is 10.0 Å². The summed E-state index contributed by atoms with van der Waals surface area (Å²) >= 11 is 5.76. The molecule has 0 saturated carbocycles. The number of hydrogen-bond acceptors (Lipinski definition) is 4. The third-order valence-electron chi connectivity index (χ3n) is 2.81. The van der Waals surface area contributed by atoms with Crippen LogP contribution in [0.2, 0.25) is 5.02 Å². The average molecular weight is 341 g/mol. The molecule has 0 aromatic heterocycles. The van der Waals surface area contributed by atoms with Crippen molar-refractivity contribution in [1.29, 1.82) is 0 Å². The van der Waals surface area contributed by atoms with E-state index in [1.807, 2.05) is 0 Å². The molecule has 114 valence electrons. The highest BCUT2D eigenvalue weighted by atomic mass is 35.5. The van der Waals surface area contributed by atoms with Crippen molar-refractivity contribution in [3.05, 3.63) is 34.9 Å².